The first-order chi connectivity index (χ1) is 9.83. The number of carbonyl (C=O) groups is 1. The van der Waals surface area contributed by atoms with Crippen molar-refractivity contribution in [2.75, 3.05) is 13.1 Å². The second kappa shape index (κ2) is 6.83. The van der Waals surface area contributed by atoms with Crippen LogP contribution in [0.2, 0.25) is 5.15 Å². The maximum absolute atomic E-state index is 12.1. The van der Waals surface area contributed by atoms with Crippen molar-refractivity contribution in [1.29, 1.82) is 0 Å². The summed E-state index contributed by atoms with van der Waals surface area (Å²) in [5, 5.41) is 9.41. The summed E-state index contributed by atoms with van der Waals surface area (Å²) in [6.07, 6.45) is 1.78. The molecule has 1 aliphatic heterocycles. The van der Waals surface area contributed by atoms with Gasteiger partial charge in [-0.2, -0.15) is 0 Å². The molecule has 0 N–H and O–H groups in total. The first-order valence-corrected chi connectivity index (χ1v) is 8.23. The van der Waals surface area contributed by atoms with Gasteiger partial charge in [0.05, 0.1) is 0 Å². The van der Waals surface area contributed by atoms with Crippen molar-refractivity contribution in [3.63, 3.8) is 0 Å². The van der Waals surface area contributed by atoms with Gasteiger partial charge in [-0.3, -0.25) is 0 Å². The predicted molar refractivity (Wildman–Crippen MR) is 83.7 cm³/mol. The van der Waals surface area contributed by atoms with Crippen molar-refractivity contribution in [2.24, 2.45) is 0 Å². The molecule has 1 unspecified atom stereocenters. The van der Waals surface area contributed by atoms with Gasteiger partial charge in [-0.1, -0.05) is 23.4 Å². The number of thioether (sulfide) groups is 1. The number of carbonyl (C=O) groups excluding carboxylic acids is 1. The van der Waals surface area contributed by atoms with E-state index in [1.54, 1.807) is 22.7 Å². The van der Waals surface area contributed by atoms with Crippen LogP contribution in [0.3, 0.4) is 0 Å². The lowest BCUT2D eigenvalue weighted by Crippen LogP contribution is -2.43. The molecular formula is C14H20ClN3O2S. The van der Waals surface area contributed by atoms with E-state index in [0.29, 0.717) is 16.9 Å². The smallest absolute Gasteiger partial charge is 0.410 e. The van der Waals surface area contributed by atoms with Gasteiger partial charge in [-0.05, 0) is 45.7 Å². The number of piperidine rings is 1. The van der Waals surface area contributed by atoms with Crippen molar-refractivity contribution in [3.05, 3.63) is 17.3 Å². The maximum atomic E-state index is 12.1. The van der Waals surface area contributed by atoms with Crippen LogP contribution in [0.1, 0.15) is 33.6 Å². The largest absolute Gasteiger partial charge is 0.444 e. The van der Waals surface area contributed by atoms with Gasteiger partial charge in [-0.15, -0.1) is 10.2 Å². The second-order valence-corrected chi connectivity index (χ2v) is 7.71. The topological polar surface area (TPSA) is 55.3 Å². The number of ether oxygens (including phenoxy) is 1. The van der Waals surface area contributed by atoms with Gasteiger partial charge < -0.3 is 9.64 Å². The van der Waals surface area contributed by atoms with Crippen molar-refractivity contribution >= 4 is 29.5 Å². The van der Waals surface area contributed by atoms with E-state index < -0.39 is 5.60 Å². The minimum Gasteiger partial charge on any atom is -0.444 e. The van der Waals surface area contributed by atoms with Gasteiger partial charge in [0.1, 0.15) is 10.6 Å². The number of likely N-dealkylation sites (tertiary alicyclic amines) is 1. The minimum atomic E-state index is -0.459. The summed E-state index contributed by atoms with van der Waals surface area (Å²) >= 11 is 7.36. The average molecular weight is 330 g/mol. The lowest BCUT2D eigenvalue weighted by molar-refractivity contribution is 0.0220. The van der Waals surface area contributed by atoms with Crippen LogP contribution in [0.15, 0.2) is 17.2 Å². The highest BCUT2D eigenvalue weighted by Gasteiger charge is 2.28. The Hall–Kier alpha value is -1.01. The quantitative estimate of drug-likeness (QED) is 0.829. The third-order valence-corrected chi connectivity index (χ3v) is 4.30. The Balaban J connectivity index is 1.91. The molecule has 1 aromatic rings. The number of nitrogens with zero attached hydrogens (tertiary/aromatic N) is 3. The molecule has 1 amide bonds. The minimum absolute atomic E-state index is 0.241. The van der Waals surface area contributed by atoms with E-state index >= 15 is 0 Å². The molecule has 0 aliphatic carbocycles. The predicted octanol–water partition coefficient (Wildman–Crippen LogP) is 3.62. The van der Waals surface area contributed by atoms with Crippen LogP contribution in [0, 0.1) is 0 Å². The summed E-state index contributed by atoms with van der Waals surface area (Å²) in [6.45, 7) is 7.06. The monoisotopic (exact) mass is 329 g/mol. The molecule has 0 saturated carbocycles. The molecule has 7 heteroatoms. The summed E-state index contributed by atoms with van der Waals surface area (Å²) < 4.78 is 5.42. The van der Waals surface area contributed by atoms with E-state index in [1.165, 1.54) is 0 Å². The van der Waals surface area contributed by atoms with Crippen LogP contribution >= 0.6 is 23.4 Å². The first kappa shape index (κ1) is 16.4. The summed E-state index contributed by atoms with van der Waals surface area (Å²) in [7, 11) is 0. The zero-order valence-corrected chi connectivity index (χ0v) is 14.1. The number of rotatable bonds is 2. The van der Waals surface area contributed by atoms with Gasteiger partial charge in [0.25, 0.3) is 0 Å². The maximum Gasteiger partial charge on any atom is 0.410 e. The van der Waals surface area contributed by atoms with E-state index in [-0.39, 0.29) is 6.09 Å². The molecule has 0 aromatic carbocycles. The van der Waals surface area contributed by atoms with Crippen LogP contribution in [-0.2, 0) is 4.74 Å². The summed E-state index contributed by atoms with van der Waals surface area (Å²) in [5.74, 6) is 0. The molecule has 1 atom stereocenters. The molecule has 2 rings (SSSR count). The Kier molecular flexibility index (Phi) is 5.32. The third-order valence-electron chi connectivity index (χ3n) is 2.92. The van der Waals surface area contributed by atoms with Crippen LogP contribution in [-0.4, -0.2) is 45.1 Å². The normalized spacial score (nSPS) is 19.4. The lowest BCUT2D eigenvalue weighted by atomic mass is 10.1. The zero-order chi connectivity index (χ0) is 15.5. The number of amides is 1. The zero-order valence-electron chi connectivity index (χ0n) is 12.5. The van der Waals surface area contributed by atoms with Gasteiger partial charge in [-0.25, -0.2) is 4.79 Å². The summed E-state index contributed by atoms with van der Waals surface area (Å²) in [5.41, 5.74) is -0.459. The van der Waals surface area contributed by atoms with Crippen LogP contribution in [0.4, 0.5) is 4.79 Å². The Morgan fingerprint density at radius 1 is 1.43 bits per heavy atom. The van der Waals surface area contributed by atoms with Gasteiger partial charge in [0.15, 0.2) is 5.15 Å². The van der Waals surface area contributed by atoms with E-state index in [4.69, 9.17) is 16.3 Å². The van der Waals surface area contributed by atoms with Gasteiger partial charge >= 0.3 is 6.09 Å². The van der Waals surface area contributed by atoms with E-state index in [0.717, 1.165) is 24.4 Å². The molecule has 1 saturated heterocycles. The highest BCUT2D eigenvalue weighted by molar-refractivity contribution is 7.99. The van der Waals surface area contributed by atoms with E-state index in [9.17, 15) is 4.79 Å². The second-order valence-electron chi connectivity index (χ2n) is 6.00. The molecule has 116 valence electrons. The van der Waals surface area contributed by atoms with E-state index in [1.807, 2.05) is 26.8 Å². The Morgan fingerprint density at radius 3 is 2.81 bits per heavy atom. The van der Waals surface area contributed by atoms with E-state index in [2.05, 4.69) is 10.2 Å². The molecule has 1 fully saturated rings. The molecule has 0 bridgehead atoms. The van der Waals surface area contributed by atoms with Gasteiger partial charge in [0.2, 0.25) is 0 Å². The SMILES string of the molecule is CC(C)(C)OC(=O)N1CCCC(Sc2ccc(Cl)nn2)C1. The number of hydrogen-bond donors (Lipinski definition) is 0. The molecule has 21 heavy (non-hydrogen) atoms. The van der Waals surface area contributed by atoms with Crippen LogP contribution in [0.5, 0.6) is 0 Å². The number of halogens is 1. The fraction of sp³-hybridized carbons (Fsp3) is 0.643. The van der Waals surface area contributed by atoms with Gasteiger partial charge in [0, 0.05) is 18.3 Å². The molecule has 0 radical (unpaired) electrons. The average Bonchev–Trinajstić information content (AvgIpc) is 2.40. The van der Waals surface area contributed by atoms with Crippen LogP contribution < -0.4 is 0 Å². The first-order valence-electron chi connectivity index (χ1n) is 6.97. The summed E-state index contributed by atoms with van der Waals surface area (Å²) in [6, 6.07) is 3.58. The Morgan fingerprint density at radius 2 is 2.19 bits per heavy atom. The fourth-order valence-corrected chi connectivity index (χ4v) is 3.28. The molecule has 2 heterocycles. The molecular weight excluding hydrogens is 310 g/mol. The Bertz CT molecular complexity index is 490. The van der Waals surface area contributed by atoms with Crippen molar-refractivity contribution in [1.82, 2.24) is 15.1 Å². The van der Waals surface area contributed by atoms with Crippen LogP contribution in [0.25, 0.3) is 0 Å². The van der Waals surface area contributed by atoms with Crippen molar-refractivity contribution in [3.8, 4) is 0 Å². The van der Waals surface area contributed by atoms with Crippen molar-refractivity contribution < 1.29 is 9.53 Å². The lowest BCUT2D eigenvalue weighted by Gasteiger charge is -2.33. The van der Waals surface area contributed by atoms with Crippen molar-refractivity contribution in [2.45, 2.75) is 49.5 Å². The standard InChI is InChI=1S/C14H20ClN3O2S/c1-14(2,3)20-13(19)18-8-4-5-10(9-18)21-12-7-6-11(15)16-17-12/h6-7,10H,4-5,8-9H2,1-3H3. The fourth-order valence-electron chi connectivity index (χ4n) is 2.06. The molecule has 1 aliphatic rings. The molecule has 0 spiro atoms. The highest BCUT2D eigenvalue weighted by Crippen LogP contribution is 2.28. The summed E-state index contributed by atoms with van der Waals surface area (Å²) in [4.78, 5) is 13.9. The molecule has 1 aromatic heterocycles. The third kappa shape index (κ3) is 5.36. The number of hydrogen-bond acceptors (Lipinski definition) is 5. The molecule has 5 nitrogen and oxygen atoms in total. The Labute approximate surface area is 134 Å². The highest BCUT2D eigenvalue weighted by atomic mass is 35.5. The number of aromatic nitrogens is 2.